The average molecular weight is 447 g/mol. The number of aromatic nitrogens is 2. The highest BCUT2D eigenvalue weighted by molar-refractivity contribution is 5.93. The van der Waals surface area contributed by atoms with Gasteiger partial charge in [-0.25, -0.2) is 9.97 Å². The van der Waals surface area contributed by atoms with Gasteiger partial charge in [-0.3, -0.25) is 0 Å². The van der Waals surface area contributed by atoms with Crippen LogP contribution in [0.4, 0.5) is 11.5 Å². The minimum absolute atomic E-state index is 0.133. The first-order valence-corrected chi connectivity index (χ1v) is 12.1. The molecule has 0 amide bonds. The Morgan fingerprint density at radius 2 is 1.82 bits per heavy atom. The highest BCUT2D eigenvalue weighted by Crippen LogP contribution is 2.42. The van der Waals surface area contributed by atoms with E-state index in [1.165, 1.54) is 24.0 Å². The summed E-state index contributed by atoms with van der Waals surface area (Å²) in [6, 6.07) is 12.8. The second-order valence-corrected chi connectivity index (χ2v) is 9.48. The van der Waals surface area contributed by atoms with Crippen molar-refractivity contribution in [2.45, 2.75) is 44.4 Å². The Morgan fingerprint density at radius 3 is 2.52 bits per heavy atom. The highest BCUT2D eigenvalue weighted by atomic mass is 16.5. The van der Waals surface area contributed by atoms with Crippen LogP contribution in [0.15, 0.2) is 36.4 Å². The van der Waals surface area contributed by atoms with E-state index in [-0.39, 0.29) is 6.61 Å². The van der Waals surface area contributed by atoms with Gasteiger partial charge in [0.15, 0.2) is 0 Å². The minimum Gasteiger partial charge on any atom is -0.496 e. The molecule has 3 aromatic rings. The Hall–Kier alpha value is -2.86. The van der Waals surface area contributed by atoms with Crippen LogP contribution < -0.4 is 14.5 Å². The lowest BCUT2D eigenvalue weighted by molar-refractivity contribution is 0.304. The smallest absolute Gasteiger partial charge is 0.140 e. The van der Waals surface area contributed by atoms with Gasteiger partial charge in [0.1, 0.15) is 17.4 Å². The monoisotopic (exact) mass is 446 g/mol. The lowest BCUT2D eigenvalue weighted by Gasteiger charge is -2.34. The summed E-state index contributed by atoms with van der Waals surface area (Å²) in [5, 5.41) is 10.5. The lowest BCUT2D eigenvalue weighted by atomic mass is 9.88. The van der Waals surface area contributed by atoms with E-state index in [4.69, 9.17) is 14.7 Å². The van der Waals surface area contributed by atoms with Gasteiger partial charge in [0.2, 0.25) is 0 Å². The summed E-state index contributed by atoms with van der Waals surface area (Å²) in [4.78, 5) is 14.6. The molecule has 1 N–H and O–H groups in total. The van der Waals surface area contributed by atoms with Crippen LogP contribution in [-0.2, 0) is 0 Å². The Labute approximate surface area is 196 Å². The van der Waals surface area contributed by atoms with Gasteiger partial charge in [0, 0.05) is 43.7 Å². The molecule has 1 saturated carbocycles. The summed E-state index contributed by atoms with van der Waals surface area (Å²) in [6.07, 6.45) is 4.54. The van der Waals surface area contributed by atoms with Crippen LogP contribution in [0.5, 0.6) is 5.75 Å². The zero-order chi connectivity index (χ0) is 22.9. The molecule has 1 aliphatic carbocycles. The van der Waals surface area contributed by atoms with Crippen LogP contribution in [0.2, 0.25) is 0 Å². The number of methoxy groups -OCH3 is 1. The summed E-state index contributed by atoms with van der Waals surface area (Å²) in [7, 11) is 3.79. The molecule has 5 rings (SSSR count). The van der Waals surface area contributed by atoms with Gasteiger partial charge < -0.3 is 19.6 Å². The third-order valence-corrected chi connectivity index (χ3v) is 7.17. The number of hydrogen-bond acceptors (Lipinski definition) is 6. The van der Waals surface area contributed by atoms with Crippen molar-refractivity contribution in [1.29, 1.82) is 0 Å². The van der Waals surface area contributed by atoms with Crippen LogP contribution >= 0.6 is 0 Å². The van der Waals surface area contributed by atoms with Gasteiger partial charge in [0.05, 0.1) is 19.2 Å². The van der Waals surface area contributed by atoms with Crippen molar-refractivity contribution < 1.29 is 9.84 Å². The maximum Gasteiger partial charge on any atom is 0.140 e. The summed E-state index contributed by atoms with van der Waals surface area (Å²) < 4.78 is 5.63. The number of likely N-dealkylation sites (N-methyl/N-ethyl adjacent to an activating group) is 1. The van der Waals surface area contributed by atoms with Crippen molar-refractivity contribution >= 4 is 22.4 Å². The van der Waals surface area contributed by atoms with Gasteiger partial charge >= 0.3 is 0 Å². The van der Waals surface area contributed by atoms with Crippen LogP contribution in [0.25, 0.3) is 10.9 Å². The molecule has 1 aliphatic heterocycles. The Kier molecular flexibility index (Phi) is 6.11. The second-order valence-electron chi connectivity index (χ2n) is 9.48. The first-order chi connectivity index (χ1) is 16.1. The van der Waals surface area contributed by atoms with Crippen LogP contribution in [0.1, 0.15) is 54.5 Å². The summed E-state index contributed by atoms with van der Waals surface area (Å²) in [6.45, 7) is 4.80. The molecule has 0 radical (unpaired) electrons. The van der Waals surface area contributed by atoms with Crippen LogP contribution in [0.3, 0.4) is 0 Å². The lowest BCUT2D eigenvalue weighted by Crippen LogP contribution is -2.34. The molecule has 2 fully saturated rings. The van der Waals surface area contributed by atoms with E-state index in [9.17, 15) is 5.11 Å². The van der Waals surface area contributed by atoms with E-state index in [1.807, 2.05) is 13.1 Å². The number of aryl methyl sites for hydroxylation is 1. The van der Waals surface area contributed by atoms with E-state index in [1.54, 1.807) is 7.11 Å². The van der Waals surface area contributed by atoms with Crippen molar-refractivity contribution in [3.63, 3.8) is 0 Å². The van der Waals surface area contributed by atoms with E-state index in [0.29, 0.717) is 18.4 Å². The van der Waals surface area contributed by atoms with E-state index < -0.39 is 0 Å². The maximum atomic E-state index is 9.44. The summed E-state index contributed by atoms with van der Waals surface area (Å²) in [5.41, 5.74) is 4.66. The van der Waals surface area contributed by atoms with Crippen molar-refractivity contribution in [1.82, 2.24) is 9.97 Å². The fourth-order valence-electron chi connectivity index (χ4n) is 5.12. The largest absolute Gasteiger partial charge is 0.496 e. The molecule has 0 unspecified atom stereocenters. The molecule has 0 spiro atoms. The molecule has 0 bridgehead atoms. The van der Waals surface area contributed by atoms with Crippen molar-refractivity contribution in [2.24, 2.45) is 0 Å². The fourth-order valence-corrected chi connectivity index (χ4v) is 5.12. The average Bonchev–Trinajstić information content (AvgIpc) is 3.69. The number of nitrogens with zero attached hydrogens (tertiary/aromatic N) is 4. The number of hydrogen-bond donors (Lipinski definition) is 1. The molecule has 6 heteroatoms. The van der Waals surface area contributed by atoms with Gasteiger partial charge in [0.25, 0.3) is 0 Å². The van der Waals surface area contributed by atoms with E-state index in [0.717, 1.165) is 59.9 Å². The molecule has 33 heavy (non-hydrogen) atoms. The molecule has 1 saturated heterocycles. The van der Waals surface area contributed by atoms with Gasteiger partial charge in [-0.15, -0.1) is 0 Å². The fraction of sp³-hybridized carbons (Fsp3) is 0.481. The molecule has 2 aliphatic rings. The Bertz CT molecular complexity index is 1140. The second kappa shape index (κ2) is 9.18. The number of ether oxygens (including phenoxy) is 1. The van der Waals surface area contributed by atoms with Crippen LogP contribution in [0, 0.1) is 6.92 Å². The number of rotatable bonds is 7. The summed E-state index contributed by atoms with van der Waals surface area (Å²) >= 11 is 0. The molecule has 174 valence electrons. The number of anilines is 2. The third-order valence-electron chi connectivity index (χ3n) is 7.17. The van der Waals surface area contributed by atoms with Crippen molar-refractivity contribution in [3.05, 3.63) is 53.3 Å². The van der Waals surface area contributed by atoms with Gasteiger partial charge in [-0.1, -0.05) is 18.2 Å². The molecule has 2 heterocycles. The zero-order valence-electron chi connectivity index (χ0n) is 19.9. The topological polar surface area (TPSA) is 61.7 Å². The number of aliphatic hydroxyl groups is 1. The number of benzene rings is 2. The van der Waals surface area contributed by atoms with E-state index >= 15 is 0 Å². The minimum atomic E-state index is 0.133. The van der Waals surface area contributed by atoms with Crippen molar-refractivity contribution in [2.75, 3.05) is 50.2 Å². The predicted octanol–water partition coefficient (Wildman–Crippen LogP) is 4.64. The zero-order valence-corrected chi connectivity index (χ0v) is 19.9. The van der Waals surface area contributed by atoms with Crippen molar-refractivity contribution in [3.8, 4) is 5.75 Å². The maximum absolute atomic E-state index is 9.44. The molecule has 0 atom stereocenters. The molecule has 1 aromatic heterocycles. The first kappa shape index (κ1) is 22.0. The summed E-state index contributed by atoms with van der Waals surface area (Å²) in [5.74, 6) is 4.07. The predicted molar refractivity (Wildman–Crippen MR) is 134 cm³/mol. The SMILES string of the molecule is COc1ccccc1C1CCN(c2nc(C3CC3)nc3cc(C)c(N(C)CCO)cc23)CC1. The molecule has 2 aromatic carbocycles. The number of para-hydroxylation sites is 1. The highest BCUT2D eigenvalue weighted by Gasteiger charge is 2.30. The molecule has 6 nitrogen and oxygen atoms in total. The number of piperidine rings is 1. The number of fused-ring (bicyclic) bond motifs is 1. The van der Waals surface area contributed by atoms with Crippen LogP contribution in [-0.4, -0.2) is 55.5 Å². The molecular weight excluding hydrogens is 412 g/mol. The standard InChI is InChI=1S/C27H34N4O2/c1-18-16-23-22(17-24(18)30(2)14-15-32)27(29-26(28-23)20-8-9-20)31-12-10-19(11-13-31)21-6-4-5-7-25(21)33-3/h4-7,16-17,19-20,32H,8-15H2,1-3H3. The quantitative estimate of drug-likeness (QED) is 0.571. The Morgan fingerprint density at radius 1 is 1.06 bits per heavy atom. The first-order valence-electron chi connectivity index (χ1n) is 12.1. The number of aliphatic hydroxyl groups excluding tert-OH is 1. The Balaban J connectivity index is 1.48. The molecular formula is C27H34N4O2. The van der Waals surface area contributed by atoms with E-state index in [2.05, 4.69) is 47.1 Å². The van der Waals surface area contributed by atoms with Gasteiger partial charge in [-0.2, -0.15) is 0 Å². The third kappa shape index (κ3) is 4.36. The van der Waals surface area contributed by atoms with Gasteiger partial charge in [-0.05, 0) is 67.9 Å². The normalized spacial score (nSPS) is 16.9.